The van der Waals surface area contributed by atoms with Gasteiger partial charge in [0.15, 0.2) is 5.13 Å². The third-order valence-electron chi connectivity index (χ3n) is 2.27. The molecule has 0 unspecified atom stereocenters. The van der Waals surface area contributed by atoms with Crippen molar-refractivity contribution in [3.05, 3.63) is 24.0 Å². The standard InChI is InChI=1S/C10H9FN2S/c11-7-2-1-3-8-9(7)13-10(14-8)12-6-4-5-6/h1-3,6H,4-5H2,(H,12,13). The zero-order valence-corrected chi connectivity index (χ0v) is 8.27. The maximum atomic E-state index is 13.3. The molecule has 4 heteroatoms. The van der Waals surface area contributed by atoms with Crippen LogP contribution in [0.5, 0.6) is 0 Å². The van der Waals surface area contributed by atoms with Crippen LogP contribution in [0, 0.1) is 5.82 Å². The highest BCUT2D eigenvalue weighted by Gasteiger charge is 2.22. The number of nitrogens with one attached hydrogen (secondary N) is 1. The van der Waals surface area contributed by atoms with Crippen LogP contribution in [-0.2, 0) is 0 Å². The molecule has 1 heterocycles. The molecule has 72 valence electrons. The Kier molecular flexibility index (Phi) is 1.70. The molecule has 0 amide bonds. The summed E-state index contributed by atoms with van der Waals surface area (Å²) in [6.07, 6.45) is 2.41. The van der Waals surface area contributed by atoms with Gasteiger partial charge < -0.3 is 5.32 Å². The van der Waals surface area contributed by atoms with Crippen molar-refractivity contribution in [2.75, 3.05) is 5.32 Å². The number of hydrogen-bond acceptors (Lipinski definition) is 3. The molecule has 1 aromatic carbocycles. The topological polar surface area (TPSA) is 24.9 Å². The molecule has 1 aliphatic carbocycles. The summed E-state index contributed by atoms with van der Waals surface area (Å²) in [5.74, 6) is -0.234. The van der Waals surface area contributed by atoms with Gasteiger partial charge in [-0.2, -0.15) is 0 Å². The van der Waals surface area contributed by atoms with E-state index in [1.54, 1.807) is 6.07 Å². The highest BCUT2D eigenvalue weighted by molar-refractivity contribution is 7.22. The van der Waals surface area contributed by atoms with Crippen molar-refractivity contribution in [1.82, 2.24) is 4.98 Å². The molecule has 0 spiro atoms. The molecule has 1 N–H and O–H groups in total. The summed E-state index contributed by atoms with van der Waals surface area (Å²) in [4.78, 5) is 4.22. The summed E-state index contributed by atoms with van der Waals surface area (Å²) >= 11 is 1.52. The van der Waals surface area contributed by atoms with Crippen LogP contribution < -0.4 is 5.32 Å². The number of halogens is 1. The molecule has 0 saturated heterocycles. The molecule has 3 rings (SSSR count). The Balaban J connectivity index is 2.05. The van der Waals surface area contributed by atoms with E-state index in [-0.39, 0.29) is 5.82 Å². The third-order valence-corrected chi connectivity index (χ3v) is 3.23. The van der Waals surface area contributed by atoms with E-state index in [0.717, 1.165) is 9.83 Å². The van der Waals surface area contributed by atoms with Crippen molar-refractivity contribution in [3.8, 4) is 0 Å². The Labute approximate surface area is 84.8 Å². The largest absolute Gasteiger partial charge is 0.359 e. The van der Waals surface area contributed by atoms with Crippen LogP contribution in [0.25, 0.3) is 10.2 Å². The molecule has 2 nitrogen and oxygen atoms in total. The van der Waals surface area contributed by atoms with Crippen LogP contribution in [-0.4, -0.2) is 11.0 Å². The SMILES string of the molecule is Fc1cccc2sc(NC3CC3)nc12. The fraction of sp³-hybridized carbons (Fsp3) is 0.300. The number of anilines is 1. The van der Waals surface area contributed by atoms with Crippen LogP contribution in [0.2, 0.25) is 0 Å². The number of nitrogens with zero attached hydrogens (tertiary/aromatic N) is 1. The lowest BCUT2D eigenvalue weighted by Gasteiger charge is -1.94. The van der Waals surface area contributed by atoms with Gasteiger partial charge in [0.2, 0.25) is 0 Å². The zero-order chi connectivity index (χ0) is 9.54. The van der Waals surface area contributed by atoms with Crippen LogP contribution >= 0.6 is 11.3 Å². The average Bonchev–Trinajstić information content (AvgIpc) is 2.84. The van der Waals surface area contributed by atoms with E-state index in [1.165, 1.54) is 30.2 Å². The maximum absolute atomic E-state index is 13.3. The summed E-state index contributed by atoms with van der Waals surface area (Å²) < 4.78 is 14.2. The summed E-state index contributed by atoms with van der Waals surface area (Å²) in [5, 5.41) is 4.11. The number of fused-ring (bicyclic) bond motifs is 1. The first-order valence-corrected chi connectivity index (χ1v) is 5.46. The van der Waals surface area contributed by atoms with Crippen LogP contribution in [0.1, 0.15) is 12.8 Å². The molecule has 1 aromatic heterocycles. The first-order chi connectivity index (χ1) is 6.83. The fourth-order valence-electron chi connectivity index (χ4n) is 1.38. The van der Waals surface area contributed by atoms with Gasteiger partial charge >= 0.3 is 0 Å². The third kappa shape index (κ3) is 1.35. The summed E-state index contributed by atoms with van der Waals surface area (Å²) in [6.45, 7) is 0. The van der Waals surface area contributed by atoms with Crippen molar-refractivity contribution in [2.24, 2.45) is 0 Å². The second-order valence-electron chi connectivity index (χ2n) is 3.52. The molecular formula is C10H9FN2S. The van der Waals surface area contributed by atoms with Crippen molar-refractivity contribution < 1.29 is 4.39 Å². The van der Waals surface area contributed by atoms with E-state index < -0.39 is 0 Å². The molecule has 14 heavy (non-hydrogen) atoms. The van der Waals surface area contributed by atoms with Gasteiger partial charge in [-0.05, 0) is 25.0 Å². The smallest absolute Gasteiger partial charge is 0.184 e. The van der Waals surface area contributed by atoms with E-state index in [1.807, 2.05) is 6.07 Å². The monoisotopic (exact) mass is 208 g/mol. The van der Waals surface area contributed by atoms with Gasteiger partial charge in [0, 0.05) is 6.04 Å². The minimum absolute atomic E-state index is 0.234. The number of aromatic nitrogens is 1. The quantitative estimate of drug-likeness (QED) is 0.820. The Morgan fingerprint density at radius 3 is 3.00 bits per heavy atom. The lowest BCUT2D eigenvalue weighted by atomic mass is 10.3. The van der Waals surface area contributed by atoms with Gasteiger partial charge in [-0.1, -0.05) is 17.4 Å². The molecular weight excluding hydrogens is 199 g/mol. The maximum Gasteiger partial charge on any atom is 0.184 e. The molecule has 0 atom stereocenters. The number of hydrogen-bond donors (Lipinski definition) is 1. The van der Waals surface area contributed by atoms with Gasteiger partial charge in [0.05, 0.1) is 4.70 Å². The van der Waals surface area contributed by atoms with Crippen molar-refractivity contribution in [3.63, 3.8) is 0 Å². The van der Waals surface area contributed by atoms with Crippen molar-refractivity contribution in [1.29, 1.82) is 0 Å². The molecule has 2 aromatic rings. The number of benzene rings is 1. The summed E-state index contributed by atoms with van der Waals surface area (Å²) in [5.41, 5.74) is 0.487. The predicted octanol–water partition coefficient (Wildman–Crippen LogP) is 3.01. The molecule has 0 radical (unpaired) electrons. The molecule has 0 bridgehead atoms. The normalized spacial score (nSPS) is 16.1. The highest BCUT2D eigenvalue weighted by Crippen LogP contribution is 2.31. The predicted molar refractivity (Wildman–Crippen MR) is 56.2 cm³/mol. The van der Waals surface area contributed by atoms with Gasteiger partial charge in [0.25, 0.3) is 0 Å². The Hall–Kier alpha value is -1.16. The molecule has 1 aliphatic rings. The van der Waals surface area contributed by atoms with Crippen LogP contribution in [0.15, 0.2) is 18.2 Å². The van der Waals surface area contributed by atoms with Crippen molar-refractivity contribution >= 4 is 26.7 Å². The van der Waals surface area contributed by atoms with Gasteiger partial charge in [0.1, 0.15) is 11.3 Å². The number of para-hydroxylation sites is 1. The lowest BCUT2D eigenvalue weighted by Crippen LogP contribution is -1.99. The first kappa shape index (κ1) is 8.17. The zero-order valence-electron chi connectivity index (χ0n) is 7.46. The number of thiazole rings is 1. The highest BCUT2D eigenvalue weighted by atomic mass is 32.1. The lowest BCUT2D eigenvalue weighted by molar-refractivity contribution is 0.637. The van der Waals surface area contributed by atoms with Crippen LogP contribution in [0.3, 0.4) is 0 Å². The molecule has 1 fully saturated rings. The number of rotatable bonds is 2. The van der Waals surface area contributed by atoms with Crippen molar-refractivity contribution in [2.45, 2.75) is 18.9 Å². The van der Waals surface area contributed by atoms with Gasteiger partial charge in [-0.3, -0.25) is 0 Å². The average molecular weight is 208 g/mol. The Bertz CT molecular complexity index is 476. The van der Waals surface area contributed by atoms with Crippen LogP contribution in [0.4, 0.5) is 9.52 Å². The van der Waals surface area contributed by atoms with E-state index in [4.69, 9.17) is 0 Å². The molecule has 1 saturated carbocycles. The first-order valence-electron chi connectivity index (χ1n) is 4.64. The Morgan fingerprint density at radius 1 is 1.43 bits per heavy atom. The summed E-state index contributed by atoms with van der Waals surface area (Å²) in [7, 11) is 0. The van der Waals surface area contributed by atoms with E-state index >= 15 is 0 Å². The van der Waals surface area contributed by atoms with E-state index in [0.29, 0.717) is 11.6 Å². The minimum atomic E-state index is -0.234. The summed E-state index contributed by atoms with van der Waals surface area (Å²) in [6, 6.07) is 5.63. The van der Waals surface area contributed by atoms with E-state index in [9.17, 15) is 4.39 Å². The second-order valence-corrected chi connectivity index (χ2v) is 4.55. The Morgan fingerprint density at radius 2 is 2.29 bits per heavy atom. The van der Waals surface area contributed by atoms with E-state index in [2.05, 4.69) is 10.3 Å². The van der Waals surface area contributed by atoms with Gasteiger partial charge in [-0.15, -0.1) is 0 Å². The fourth-order valence-corrected chi connectivity index (χ4v) is 2.34. The van der Waals surface area contributed by atoms with Gasteiger partial charge in [-0.25, -0.2) is 9.37 Å². The molecule has 0 aliphatic heterocycles. The minimum Gasteiger partial charge on any atom is -0.359 e. The second kappa shape index (κ2) is 2.92.